The van der Waals surface area contributed by atoms with Crippen LogP contribution in [-0.2, 0) is 24.2 Å². The van der Waals surface area contributed by atoms with Crippen LogP contribution in [0.25, 0.3) is 0 Å². The third kappa shape index (κ3) is 3.38. The second-order valence-electron chi connectivity index (χ2n) is 7.09. The van der Waals surface area contributed by atoms with E-state index in [1.54, 1.807) is 0 Å². The fourth-order valence-corrected chi connectivity index (χ4v) is 3.96. The highest BCUT2D eigenvalue weighted by Crippen LogP contribution is 2.25. The van der Waals surface area contributed by atoms with Crippen molar-refractivity contribution in [3.05, 3.63) is 41.1 Å². The number of hydrogen-bond acceptors (Lipinski definition) is 4. The van der Waals surface area contributed by atoms with Crippen molar-refractivity contribution < 1.29 is 4.79 Å². The maximum absolute atomic E-state index is 12.6. The standard InChI is InChI=1S/C19H25N5O/c1-13-22-16-7-6-14(11-17(16)23-13)19(25)21-12-15-5-4-8-20-18(15)24-9-2-3-10-24/h4-5,8,14H,2-3,6-7,9-12H2,1H3,(H,21,25)(H,22,23)/t14-/m0/s1. The Hall–Kier alpha value is -2.37. The molecule has 6 heteroatoms. The van der Waals surface area contributed by atoms with Crippen molar-refractivity contribution in [2.24, 2.45) is 5.92 Å². The van der Waals surface area contributed by atoms with Gasteiger partial charge in [-0.3, -0.25) is 4.79 Å². The van der Waals surface area contributed by atoms with Gasteiger partial charge >= 0.3 is 0 Å². The van der Waals surface area contributed by atoms with Gasteiger partial charge in [0.05, 0.1) is 5.69 Å². The molecule has 1 fully saturated rings. The molecule has 2 N–H and O–H groups in total. The van der Waals surface area contributed by atoms with Gasteiger partial charge in [-0.1, -0.05) is 6.07 Å². The third-order valence-corrected chi connectivity index (χ3v) is 5.26. The summed E-state index contributed by atoms with van der Waals surface area (Å²) in [5.74, 6) is 2.13. The molecule has 3 heterocycles. The zero-order chi connectivity index (χ0) is 17.2. The number of fused-ring (bicyclic) bond motifs is 1. The average molecular weight is 339 g/mol. The quantitative estimate of drug-likeness (QED) is 0.895. The molecular formula is C19H25N5O. The maximum Gasteiger partial charge on any atom is 0.223 e. The molecule has 6 nitrogen and oxygen atoms in total. The van der Waals surface area contributed by atoms with E-state index in [9.17, 15) is 4.79 Å². The van der Waals surface area contributed by atoms with Gasteiger partial charge < -0.3 is 15.2 Å². The van der Waals surface area contributed by atoms with Gasteiger partial charge in [0.25, 0.3) is 0 Å². The number of pyridine rings is 1. The van der Waals surface area contributed by atoms with Gasteiger partial charge in [-0.25, -0.2) is 9.97 Å². The predicted octanol–water partition coefficient (Wildman–Crippen LogP) is 2.13. The van der Waals surface area contributed by atoms with E-state index >= 15 is 0 Å². The number of H-pyrrole nitrogens is 1. The molecule has 1 aliphatic carbocycles. The first-order valence-corrected chi connectivity index (χ1v) is 9.21. The molecule has 0 unspecified atom stereocenters. The highest BCUT2D eigenvalue weighted by Gasteiger charge is 2.27. The fraction of sp³-hybridized carbons (Fsp3) is 0.526. The first kappa shape index (κ1) is 16.1. The van der Waals surface area contributed by atoms with E-state index in [4.69, 9.17) is 0 Å². The number of amides is 1. The second kappa shape index (κ2) is 6.86. The molecule has 0 saturated carbocycles. The van der Waals surface area contributed by atoms with Gasteiger partial charge in [0.2, 0.25) is 5.91 Å². The summed E-state index contributed by atoms with van der Waals surface area (Å²) in [6.45, 7) is 4.63. The Morgan fingerprint density at radius 1 is 1.40 bits per heavy atom. The van der Waals surface area contributed by atoms with Crippen molar-refractivity contribution >= 4 is 11.7 Å². The molecule has 0 spiro atoms. The number of hydrogen-bond donors (Lipinski definition) is 2. The van der Waals surface area contributed by atoms with Gasteiger partial charge in [-0.2, -0.15) is 0 Å². The summed E-state index contributed by atoms with van der Waals surface area (Å²) in [6.07, 6.45) is 6.78. The Morgan fingerprint density at radius 3 is 3.08 bits per heavy atom. The van der Waals surface area contributed by atoms with Gasteiger partial charge in [0.1, 0.15) is 11.6 Å². The van der Waals surface area contributed by atoms with E-state index in [1.165, 1.54) is 12.8 Å². The summed E-state index contributed by atoms with van der Waals surface area (Å²) in [7, 11) is 0. The van der Waals surface area contributed by atoms with Crippen LogP contribution in [0.15, 0.2) is 18.3 Å². The Morgan fingerprint density at radius 2 is 2.24 bits per heavy atom. The highest BCUT2D eigenvalue weighted by atomic mass is 16.1. The lowest BCUT2D eigenvalue weighted by Crippen LogP contribution is -2.34. The highest BCUT2D eigenvalue weighted by molar-refractivity contribution is 5.79. The number of aromatic amines is 1. The Balaban J connectivity index is 1.39. The van der Waals surface area contributed by atoms with Crippen LogP contribution in [0.2, 0.25) is 0 Å². The lowest BCUT2D eigenvalue weighted by molar-refractivity contribution is -0.125. The molecule has 2 aromatic rings. The largest absolute Gasteiger partial charge is 0.356 e. The number of anilines is 1. The van der Waals surface area contributed by atoms with Crippen LogP contribution < -0.4 is 10.2 Å². The number of aromatic nitrogens is 3. The molecular weight excluding hydrogens is 314 g/mol. The third-order valence-electron chi connectivity index (χ3n) is 5.26. The number of carbonyl (C=O) groups is 1. The minimum absolute atomic E-state index is 0.0271. The molecule has 2 aliphatic rings. The van der Waals surface area contributed by atoms with Crippen LogP contribution in [0.1, 0.15) is 42.0 Å². The van der Waals surface area contributed by atoms with Crippen molar-refractivity contribution in [2.45, 2.75) is 45.6 Å². The van der Waals surface area contributed by atoms with Crippen LogP contribution in [0, 0.1) is 12.8 Å². The first-order valence-electron chi connectivity index (χ1n) is 9.21. The normalized spacial score (nSPS) is 19.7. The number of rotatable bonds is 4. The molecule has 0 aromatic carbocycles. The average Bonchev–Trinajstić information content (AvgIpc) is 3.27. The van der Waals surface area contributed by atoms with Crippen molar-refractivity contribution in [1.29, 1.82) is 0 Å². The number of nitrogens with zero attached hydrogens (tertiary/aromatic N) is 3. The first-order chi connectivity index (χ1) is 12.2. The van der Waals surface area contributed by atoms with E-state index in [0.29, 0.717) is 6.54 Å². The van der Waals surface area contributed by atoms with Gasteiger partial charge in [-0.05, 0) is 38.7 Å². The van der Waals surface area contributed by atoms with E-state index in [2.05, 4.69) is 31.2 Å². The number of nitrogens with one attached hydrogen (secondary N) is 2. The zero-order valence-electron chi connectivity index (χ0n) is 14.7. The fourth-order valence-electron chi connectivity index (χ4n) is 3.96. The molecule has 132 valence electrons. The van der Waals surface area contributed by atoms with Crippen LogP contribution in [0.4, 0.5) is 5.82 Å². The van der Waals surface area contributed by atoms with Crippen LogP contribution >= 0.6 is 0 Å². The van der Waals surface area contributed by atoms with Crippen LogP contribution in [0.5, 0.6) is 0 Å². The molecule has 1 atom stereocenters. The lowest BCUT2D eigenvalue weighted by atomic mass is 9.89. The van der Waals surface area contributed by atoms with Crippen molar-refractivity contribution in [2.75, 3.05) is 18.0 Å². The Kier molecular flexibility index (Phi) is 4.42. The Bertz CT molecular complexity index is 763. The smallest absolute Gasteiger partial charge is 0.223 e. The summed E-state index contributed by atoms with van der Waals surface area (Å²) < 4.78 is 0. The van der Waals surface area contributed by atoms with Crippen LogP contribution in [-0.4, -0.2) is 33.9 Å². The molecule has 0 radical (unpaired) electrons. The predicted molar refractivity (Wildman–Crippen MR) is 96.4 cm³/mol. The number of aryl methyl sites for hydroxylation is 2. The molecule has 1 amide bonds. The Labute approximate surface area is 148 Å². The zero-order valence-corrected chi connectivity index (χ0v) is 14.7. The van der Waals surface area contributed by atoms with E-state index < -0.39 is 0 Å². The molecule has 1 aliphatic heterocycles. The van der Waals surface area contributed by atoms with Crippen molar-refractivity contribution in [1.82, 2.24) is 20.3 Å². The summed E-state index contributed by atoms with van der Waals surface area (Å²) in [6, 6.07) is 4.01. The molecule has 1 saturated heterocycles. The minimum Gasteiger partial charge on any atom is -0.356 e. The molecule has 2 aromatic heterocycles. The van der Waals surface area contributed by atoms with E-state index in [1.807, 2.05) is 19.2 Å². The van der Waals surface area contributed by atoms with E-state index in [-0.39, 0.29) is 11.8 Å². The van der Waals surface area contributed by atoms with Crippen LogP contribution in [0.3, 0.4) is 0 Å². The topological polar surface area (TPSA) is 73.9 Å². The monoisotopic (exact) mass is 339 g/mol. The van der Waals surface area contributed by atoms with E-state index in [0.717, 1.165) is 60.9 Å². The maximum atomic E-state index is 12.6. The summed E-state index contributed by atoms with van der Waals surface area (Å²) in [5.41, 5.74) is 3.36. The lowest BCUT2D eigenvalue weighted by Gasteiger charge is -2.22. The second-order valence-corrected chi connectivity index (χ2v) is 7.09. The SMILES string of the molecule is Cc1nc2c([nH]1)C[C@@H](C(=O)NCc1cccnc1N1CCCC1)CC2. The summed E-state index contributed by atoms with van der Waals surface area (Å²) >= 11 is 0. The number of carbonyl (C=O) groups excluding carboxylic acids is 1. The van der Waals surface area contributed by atoms with Crippen molar-refractivity contribution in [3.8, 4) is 0 Å². The molecule has 4 rings (SSSR count). The summed E-state index contributed by atoms with van der Waals surface area (Å²) in [5, 5.41) is 3.13. The minimum atomic E-state index is 0.0271. The van der Waals surface area contributed by atoms with Crippen molar-refractivity contribution in [3.63, 3.8) is 0 Å². The summed E-state index contributed by atoms with van der Waals surface area (Å²) in [4.78, 5) is 27.3. The van der Waals surface area contributed by atoms with Gasteiger partial charge in [0.15, 0.2) is 0 Å². The van der Waals surface area contributed by atoms with Gasteiger partial charge in [-0.15, -0.1) is 0 Å². The number of imidazole rings is 1. The molecule has 0 bridgehead atoms. The molecule has 25 heavy (non-hydrogen) atoms. The van der Waals surface area contributed by atoms with Gasteiger partial charge in [0, 0.05) is 49.4 Å².